The molecule has 1 aromatic carbocycles. The molecule has 0 aliphatic carbocycles. The summed E-state index contributed by atoms with van der Waals surface area (Å²) in [6.07, 6.45) is 1.99. The van der Waals surface area contributed by atoms with Crippen molar-refractivity contribution in [2.45, 2.75) is 33.2 Å². The van der Waals surface area contributed by atoms with Gasteiger partial charge in [-0.1, -0.05) is 32.0 Å². The van der Waals surface area contributed by atoms with Gasteiger partial charge < -0.3 is 9.73 Å². The zero-order valence-electron chi connectivity index (χ0n) is 10.5. The van der Waals surface area contributed by atoms with Gasteiger partial charge >= 0.3 is 0 Å². The molecule has 0 amide bonds. The van der Waals surface area contributed by atoms with Gasteiger partial charge in [0.15, 0.2) is 0 Å². The highest BCUT2D eigenvalue weighted by Crippen LogP contribution is 2.17. The summed E-state index contributed by atoms with van der Waals surface area (Å²) in [7, 11) is 0. The maximum absolute atomic E-state index is 5.67. The minimum absolute atomic E-state index is 0.747. The van der Waals surface area contributed by atoms with E-state index in [-0.39, 0.29) is 0 Å². The van der Waals surface area contributed by atoms with Crippen molar-refractivity contribution < 1.29 is 4.42 Å². The van der Waals surface area contributed by atoms with E-state index in [0.29, 0.717) is 0 Å². The number of furan rings is 1. The number of hydrogen-bond donors (Lipinski definition) is 1. The third-order valence-corrected chi connectivity index (χ3v) is 2.92. The molecule has 0 aliphatic heterocycles. The Labute approximate surface area is 103 Å². The second-order valence-corrected chi connectivity index (χ2v) is 4.09. The molecule has 0 spiro atoms. The minimum Gasteiger partial charge on any atom is -0.464 e. The summed E-state index contributed by atoms with van der Waals surface area (Å²) in [5.74, 6) is 2.04. The Kier molecular flexibility index (Phi) is 3.86. The van der Waals surface area contributed by atoms with Crippen LogP contribution in [0, 0.1) is 0 Å². The Hall–Kier alpha value is -1.70. The highest BCUT2D eigenvalue weighted by Gasteiger charge is 2.02. The molecule has 1 heterocycles. The van der Waals surface area contributed by atoms with Crippen LogP contribution in [-0.2, 0) is 19.4 Å². The van der Waals surface area contributed by atoms with E-state index in [1.165, 1.54) is 11.3 Å². The normalized spacial score (nSPS) is 10.5. The molecule has 1 N–H and O–H groups in total. The zero-order chi connectivity index (χ0) is 12.1. The molecular weight excluding hydrogens is 210 g/mol. The van der Waals surface area contributed by atoms with E-state index < -0.39 is 0 Å². The van der Waals surface area contributed by atoms with Crippen LogP contribution in [0.3, 0.4) is 0 Å². The monoisotopic (exact) mass is 229 g/mol. The Balaban J connectivity index is 2.01. The second-order valence-electron chi connectivity index (χ2n) is 4.09. The fraction of sp³-hybridized carbons (Fsp3) is 0.333. The minimum atomic E-state index is 0.747. The van der Waals surface area contributed by atoms with Crippen molar-refractivity contribution >= 4 is 5.69 Å². The molecule has 0 saturated carbocycles. The number of nitrogens with one attached hydrogen (secondary N) is 1. The summed E-state index contributed by atoms with van der Waals surface area (Å²) in [6.45, 7) is 5.02. The number of aryl methyl sites for hydroxylation is 2. The van der Waals surface area contributed by atoms with Crippen molar-refractivity contribution in [3.8, 4) is 0 Å². The molecule has 2 heteroatoms. The average Bonchev–Trinajstić information content (AvgIpc) is 2.84. The first-order chi connectivity index (χ1) is 8.33. The molecule has 2 nitrogen and oxygen atoms in total. The first kappa shape index (κ1) is 11.8. The number of hydrogen-bond acceptors (Lipinski definition) is 2. The lowest BCUT2D eigenvalue weighted by atomic mass is 10.1. The van der Waals surface area contributed by atoms with Gasteiger partial charge in [-0.05, 0) is 30.2 Å². The lowest BCUT2D eigenvalue weighted by molar-refractivity contribution is 0.476. The van der Waals surface area contributed by atoms with Crippen molar-refractivity contribution in [3.63, 3.8) is 0 Å². The van der Waals surface area contributed by atoms with Gasteiger partial charge in [0.1, 0.15) is 11.5 Å². The third-order valence-electron chi connectivity index (χ3n) is 2.92. The maximum atomic E-state index is 5.67. The standard InChI is InChI=1S/C15H19NO/c1-3-12-7-5-6-8-15(12)16-11-14-10-9-13(4-2)17-14/h5-10,16H,3-4,11H2,1-2H3. The third kappa shape index (κ3) is 2.90. The van der Waals surface area contributed by atoms with Crippen LogP contribution >= 0.6 is 0 Å². The predicted molar refractivity (Wildman–Crippen MR) is 71.2 cm³/mol. The first-order valence-electron chi connectivity index (χ1n) is 6.22. The van der Waals surface area contributed by atoms with Crippen LogP contribution in [-0.4, -0.2) is 0 Å². The maximum Gasteiger partial charge on any atom is 0.123 e. The van der Waals surface area contributed by atoms with Gasteiger partial charge in [-0.25, -0.2) is 0 Å². The van der Waals surface area contributed by atoms with E-state index in [4.69, 9.17) is 4.42 Å². The molecular formula is C15H19NO. The Morgan fingerprint density at radius 2 is 1.71 bits per heavy atom. The van der Waals surface area contributed by atoms with E-state index >= 15 is 0 Å². The van der Waals surface area contributed by atoms with Crippen molar-refractivity contribution in [2.24, 2.45) is 0 Å². The molecule has 0 atom stereocenters. The lowest BCUT2D eigenvalue weighted by Gasteiger charge is -2.09. The van der Waals surface area contributed by atoms with Crippen LogP contribution in [0.2, 0.25) is 0 Å². The van der Waals surface area contributed by atoms with Crippen LogP contribution in [0.25, 0.3) is 0 Å². The first-order valence-corrected chi connectivity index (χ1v) is 6.22. The van der Waals surface area contributed by atoms with Gasteiger partial charge in [0.25, 0.3) is 0 Å². The van der Waals surface area contributed by atoms with E-state index in [1.807, 2.05) is 12.1 Å². The largest absolute Gasteiger partial charge is 0.464 e. The average molecular weight is 229 g/mol. The smallest absolute Gasteiger partial charge is 0.123 e. The summed E-state index contributed by atoms with van der Waals surface area (Å²) in [4.78, 5) is 0. The molecule has 2 rings (SSSR count). The van der Waals surface area contributed by atoms with Gasteiger partial charge in [-0.2, -0.15) is 0 Å². The molecule has 0 radical (unpaired) electrons. The quantitative estimate of drug-likeness (QED) is 0.837. The fourth-order valence-corrected chi connectivity index (χ4v) is 1.89. The van der Waals surface area contributed by atoms with E-state index in [2.05, 4.69) is 43.4 Å². The van der Waals surface area contributed by atoms with Crippen LogP contribution in [0.1, 0.15) is 30.9 Å². The van der Waals surface area contributed by atoms with Crippen molar-refractivity contribution in [1.29, 1.82) is 0 Å². The van der Waals surface area contributed by atoms with Crippen molar-refractivity contribution in [1.82, 2.24) is 0 Å². The topological polar surface area (TPSA) is 25.2 Å². The molecule has 90 valence electrons. The zero-order valence-corrected chi connectivity index (χ0v) is 10.5. The van der Waals surface area contributed by atoms with Gasteiger partial charge in [0.2, 0.25) is 0 Å². The molecule has 0 fully saturated rings. The fourth-order valence-electron chi connectivity index (χ4n) is 1.89. The summed E-state index contributed by atoms with van der Waals surface area (Å²) in [5, 5.41) is 3.42. The van der Waals surface area contributed by atoms with Gasteiger partial charge in [-0.3, -0.25) is 0 Å². The van der Waals surface area contributed by atoms with Crippen LogP contribution in [0.15, 0.2) is 40.8 Å². The number of rotatable bonds is 5. The van der Waals surface area contributed by atoms with Gasteiger partial charge in [-0.15, -0.1) is 0 Å². The Morgan fingerprint density at radius 1 is 0.941 bits per heavy atom. The van der Waals surface area contributed by atoms with Crippen LogP contribution in [0.4, 0.5) is 5.69 Å². The van der Waals surface area contributed by atoms with Gasteiger partial charge in [0, 0.05) is 12.1 Å². The summed E-state index contributed by atoms with van der Waals surface area (Å²) in [6, 6.07) is 12.5. The van der Waals surface area contributed by atoms with E-state index in [1.54, 1.807) is 0 Å². The highest BCUT2D eigenvalue weighted by atomic mass is 16.3. The number of anilines is 1. The van der Waals surface area contributed by atoms with Crippen LogP contribution in [0.5, 0.6) is 0 Å². The highest BCUT2D eigenvalue weighted by molar-refractivity contribution is 5.51. The molecule has 17 heavy (non-hydrogen) atoms. The summed E-state index contributed by atoms with van der Waals surface area (Å²) < 4.78 is 5.67. The second kappa shape index (κ2) is 5.58. The number of para-hydroxylation sites is 1. The molecule has 0 saturated heterocycles. The van der Waals surface area contributed by atoms with Crippen molar-refractivity contribution in [2.75, 3.05) is 5.32 Å². The summed E-state index contributed by atoms with van der Waals surface area (Å²) >= 11 is 0. The predicted octanol–water partition coefficient (Wildman–Crippen LogP) is 4.02. The van der Waals surface area contributed by atoms with Crippen LogP contribution < -0.4 is 5.32 Å². The van der Waals surface area contributed by atoms with E-state index in [9.17, 15) is 0 Å². The summed E-state index contributed by atoms with van der Waals surface area (Å²) in [5.41, 5.74) is 2.54. The molecule has 0 aliphatic rings. The molecule has 1 aromatic heterocycles. The Morgan fingerprint density at radius 3 is 2.41 bits per heavy atom. The molecule has 2 aromatic rings. The van der Waals surface area contributed by atoms with Crippen molar-refractivity contribution in [3.05, 3.63) is 53.5 Å². The Bertz CT molecular complexity index is 473. The lowest BCUT2D eigenvalue weighted by Crippen LogP contribution is -2.00. The molecule has 0 bridgehead atoms. The number of benzene rings is 1. The van der Waals surface area contributed by atoms with E-state index in [0.717, 1.165) is 30.9 Å². The molecule has 0 unspecified atom stereocenters. The SMILES string of the molecule is CCc1ccc(CNc2ccccc2CC)o1. The van der Waals surface area contributed by atoms with Gasteiger partial charge in [0.05, 0.1) is 6.54 Å².